The molecule has 0 unspecified atom stereocenters. The van der Waals surface area contributed by atoms with E-state index >= 15 is 0 Å². The van der Waals surface area contributed by atoms with Gasteiger partial charge in [0.2, 0.25) is 5.69 Å². The molecule has 0 amide bonds. The molecular formula is C17H8ClN3O. The maximum atomic E-state index is 12.4. The number of pyridine rings is 1. The smallest absolute Gasteiger partial charge is 0.257 e. The number of rotatable bonds is 1. The summed E-state index contributed by atoms with van der Waals surface area (Å²) in [4.78, 5) is 18.4. The van der Waals surface area contributed by atoms with Crippen LogP contribution in [0.1, 0.15) is 5.56 Å². The summed E-state index contributed by atoms with van der Waals surface area (Å²) in [6.45, 7) is 7.13. The molecule has 0 atom stereocenters. The van der Waals surface area contributed by atoms with Gasteiger partial charge in [0, 0.05) is 15.9 Å². The molecule has 0 fully saturated rings. The highest BCUT2D eigenvalue weighted by molar-refractivity contribution is 6.34. The van der Waals surface area contributed by atoms with Crippen molar-refractivity contribution < 1.29 is 0 Å². The Hall–Kier alpha value is -3.08. The third kappa shape index (κ3) is 2.13. The number of H-pyrrole nitrogens is 1. The van der Waals surface area contributed by atoms with Gasteiger partial charge in [-0.15, -0.1) is 0 Å². The molecule has 1 heterocycles. The van der Waals surface area contributed by atoms with Crippen molar-refractivity contribution in [3.05, 3.63) is 74.8 Å². The third-order valence-corrected chi connectivity index (χ3v) is 3.68. The average molecular weight is 306 g/mol. The molecule has 3 rings (SSSR count). The lowest BCUT2D eigenvalue weighted by atomic mass is 9.98. The molecule has 22 heavy (non-hydrogen) atoms. The van der Waals surface area contributed by atoms with Gasteiger partial charge in [0.05, 0.1) is 17.7 Å². The van der Waals surface area contributed by atoms with Crippen molar-refractivity contribution >= 4 is 28.2 Å². The third-order valence-electron chi connectivity index (χ3n) is 3.38. The molecule has 5 heteroatoms. The van der Waals surface area contributed by atoms with Crippen molar-refractivity contribution in [1.82, 2.24) is 4.98 Å². The van der Waals surface area contributed by atoms with Crippen LogP contribution in [0.3, 0.4) is 0 Å². The fraction of sp³-hybridized carbons (Fsp3) is 0. The number of nitrogens with zero attached hydrogens (tertiary/aromatic N) is 2. The molecule has 0 aliphatic carbocycles. The second-order valence-corrected chi connectivity index (χ2v) is 5.05. The maximum Gasteiger partial charge on any atom is 0.257 e. The zero-order valence-electron chi connectivity index (χ0n) is 11.2. The van der Waals surface area contributed by atoms with Gasteiger partial charge in [-0.1, -0.05) is 41.9 Å². The molecule has 1 aromatic heterocycles. The summed E-state index contributed by atoms with van der Waals surface area (Å²) in [7, 11) is 0. The van der Waals surface area contributed by atoms with E-state index in [1.807, 2.05) is 6.07 Å². The van der Waals surface area contributed by atoms with E-state index in [2.05, 4.69) is 15.9 Å². The second kappa shape index (κ2) is 5.37. The van der Waals surface area contributed by atoms with Gasteiger partial charge in [-0.3, -0.25) is 4.79 Å². The fourth-order valence-electron chi connectivity index (χ4n) is 2.39. The summed E-state index contributed by atoms with van der Waals surface area (Å²) >= 11 is 5.99. The summed E-state index contributed by atoms with van der Waals surface area (Å²) in [5, 5.41) is 10.3. The Morgan fingerprint density at radius 1 is 1.23 bits per heavy atom. The highest BCUT2D eigenvalue weighted by Gasteiger charge is 2.15. The van der Waals surface area contributed by atoms with Crippen molar-refractivity contribution in [3.8, 4) is 17.2 Å². The Morgan fingerprint density at radius 2 is 1.95 bits per heavy atom. The molecule has 2 aromatic carbocycles. The predicted molar refractivity (Wildman–Crippen MR) is 86.0 cm³/mol. The quantitative estimate of drug-likeness (QED) is 0.682. The van der Waals surface area contributed by atoms with Crippen molar-refractivity contribution in [2.75, 3.05) is 0 Å². The number of halogens is 1. The van der Waals surface area contributed by atoms with Crippen molar-refractivity contribution in [2.24, 2.45) is 0 Å². The first-order chi connectivity index (χ1) is 10.7. The Labute approximate surface area is 131 Å². The van der Waals surface area contributed by atoms with Crippen LogP contribution < -0.4 is 5.56 Å². The Kier molecular flexibility index (Phi) is 3.39. The molecule has 0 spiro atoms. The molecule has 104 valence electrons. The minimum absolute atomic E-state index is 0.242. The first kappa shape index (κ1) is 13.9. The van der Waals surface area contributed by atoms with E-state index in [-0.39, 0.29) is 21.8 Å². The van der Waals surface area contributed by atoms with Gasteiger partial charge in [-0.25, -0.2) is 4.85 Å². The van der Waals surface area contributed by atoms with E-state index in [1.165, 1.54) is 12.1 Å². The van der Waals surface area contributed by atoms with E-state index in [0.29, 0.717) is 22.0 Å². The van der Waals surface area contributed by atoms with E-state index in [9.17, 15) is 10.1 Å². The summed E-state index contributed by atoms with van der Waals surface area (Å²) in [5.41, 5.74) is 1.53. The minimum atomic E-state index is -0.359. The van der Waals surface area contributed by atoms with E-state index in [0.717, 1.165) is 0 Å². The Morgan fingerprint density at radius 3 is 2.59 bits per heavy atom. The summed E-state index contributed by atoms with van der Waals surface area (Å²) in [6.07, 6.45) is 0. The Balaban J connectivity index is 2.48. The number of nitrogens with one attached hydrogen (secondary N) is 1. The highest BCUT2D eigenvalue weighted by atomic mass is 35.5. The van der Waals surface area contributed by atoms with E-state index < -0.39 is 0 Å². The topological polar surface area (TPSA) is 61.0 Å². The zero-order valence-corrected chi connectivity index (χ0v) is 12.0. The molecule has 0 aliphatic rings. The van der Waals surface area contributed by atoms with E-state index in [4.69, 9.17) is 18.2 Å². The number of fused-ring (bicyclic) bond motifs is 1. The number of hydrogen-bond donors (Lipinski definition) is 1. The summed E-state index contributed by atoms with van der Waals surface area (Å²) in [6, 6.07) is 14.1. The lowest BCUT2D eigenvalue weighted by Gasteiger charge is -2.08. The van der Waals surface area contributed by atoms with Gasteiger partial charge in [0.15, 0.2) is 0 Å². The molecule has 1 N–H and O–H groups in total. The molecule has 3 aromatic rings. The van der Waals surface area contributed by atoms with Crippen LogP contribution in [0.4, 0.5) is 5.69 Å². The second-order valence-electron chi connectivity index (χ2n) is 4.64. The van der Waals surface area contributed by atoms with Crippen molar-refractivity contribution in [1.29, 1.82) is 5.26 Å². The lowest BCUT2D eigenvalue weighted by molar-refractivity contribution is 1.29. The van der Waals surface area contributed by atoms with Crippen LogP contribution in [0.2, 0.25) is 5.02 Å². The molecule has 0 bridgehead atoms. The van der Waals surface area contributed by atoms with Gasteiger partial charge in [0.25, 0.3) is 5.56 Å². The molecule has 0 aliphatic heterocycles. The fourth-order valence-corrected chi connectivity index (χ4v) is 2.59. The number of aromatic amines is 1. The van der Waals surface area contributed by atoms with Crippen molar-refractivity contribution in [3.63, 3.8) is 0 Å². The summed E-state index contributed by atoms with van der Waals surface area (Å²) < 4.78 is 0. The van der Waals surface area contributed by atoms with Gasteiger partial charge in [-0.05, 0) is 17.7 Å². The minimum Gasteiger partial charge on any atom is -0.321 e. The van der Waals surface area contributed by atoms with Crippen molar-refractivity contribution in [2.45, 2.75) is 0 Å². The monoisotopic (exact) mass is 305 g/mol. The van der Waals surface area contributed by atoms with Crippen LogP contribution in [-0.2, 0) is 0 Å². The molecule has 0 saturated heterocycles. The van der Waals surface area contributed by atoms with Crippen LogP contribution in [0.25, 0.3) is 26.9 Å². The van der Waals surface area contributed by atoms with Crippen LogP contribution in [0, 0.1) is 17.9 Å². The SMILES string of the molecule is [C-]#[N+]c1cc2c(C#N)c(-c3ccccc3)c(=O)[nH]c2cc1Cl. The zero-order chi connectivity index (χ0) is 15.7. The predicted octanol–water partition coefficient (Wildman–Crippen LogP) is 4.27. The first-order valence-electron chi connectivity index (χ1n) is 6.38. The molecule has 0 radical (unpaired) electrons. The molecule has 4 nitrogen and oxygen atoms in total. The first-order valence-corrected chi connectivity index (χ1v) is 6.76. The largest absolute Gasteiger partial charge is 0.321 e. The van der Waals surface area contributed by atoms with Crippen LogP contribution in [0.5, 0.6) is 0 Å². The molecular weight excluding hydrogens is 298 g/mol. The van der Waals surface area contributed by atoms with Gasteiger partial charge < -0.3 is 4.98 Å². The van der Waals surface area contributed by atoms with Crippen LogP contribution >= 0.6 is 11.6 Å². The maximum absolute atomic E-state index is 12.4. The Bertz CT molecular complexity index is 1020. The summed E-state index contributed by atoms with van der Waals surface area (Å²) in [5.74, 6) is 0. The number of hydrogen-bond acceptors (Lipinski definition) is 2. The van der Waals surface area contributed by atoms with Crippen LogP contribution in [-0.4, -0.2) is 4.98 Å². The lowest BCUT2D eigenvalue weighted by Crippen LogP contribution is -2.11. The normalized spacial score (nSPS) is 10.1. The van der Waals surface area contributed by atoms with Gasteiger partial charge >= 0.3 is 0 Å². The van der Waals surface area contributed by atoms with Gasteiger partial charge in [0.1, 0.15) is 6.07 Å². The number of nitriles is 1. The van der Waals surface area contributed by atoms with E-state index in [1.54, 1.807) is 24.3 Å². The standard InChI is InChI=1S/C17H8ClN3O/c1-20-15-7-11-12(9-19)16(10-5-3-2-4-6-10)17(22)21-14(11)8-13(15)18/h2-8H,(H,21,22). The van der Waals surface area contributed by atoms with Crippen LogP contribution in [0.15, 0.2) is 47.3 Å². The average Bonchev–Trinajstić information content (AvgIpc) is 2.53. The van der Waals surface area contributed by atoms with Gasteiger partial charge in [-0.2, -0.15) is 5.26 Å². The highest BCUT2D eigenvalue weighted by Crippen LogP contribution is 2.33. The number of benzene rings is 2. The number of aromatic nitrogens is 1. The molecule has 0 saturated carbocycles.